The number of carbonyl (C=O) groups excluding carboxylic acids is 2. The molecule has 1 aromatic heterocycles. The normalized spacial score (nSPS) is 14.8. The molecule has 0 aliphatic heterocycles. The van der Waals surface area contributed by atoms with Crippen LogP contribution in [0.15, 0.2) is 60.8 Å². The quantitative estimate of drug-likeness (QED) is 0.596. The van der Waals surface area contributed by atoms with Crippen LogP contribution in [0.1, 0.15) is 24.5 Å². The number of carbonyl (C=O) groups is 2. The molecule has 4 rings (SSSR count). The summed E-state index contributed by atoms with van der Waals surface area (Å²) in [5, 5.41) is 5.65. The van der Waals surface area contributed by atoms with Crippen molar-refractivity contribution in [2.75, 3.05) is 17.7 Å². The minimum atomic E-state index is -0.193. The third-order valence-electron chi connectivity index (χ3n) is 5.39. The molecular formula is C25H25N3O4. The lowest BCUT2D eigenvalue weighted by molar-refractivity contribution is -0.120. The summed E-state index contributed by atoms with van der Waals surface area (Å²) in [7, 11) is 1.60. The Bertz CT molecular complexity index is 1150. The lowest BCUT2D eigenvalue weighted by atomic mass is 9.83. The van der Waals surface area contributed by atoms with Crippen LogP contribution in [0.5, 0.6) is 17.2 Å². The highest BCUT2D eigenvalue weighted by Crippen LogP contribution is 2.32. The number of ether oxygens (including phenoxy) is 2. The molecule has 0 fully saturated rings. The van der Waals surface area contributed by atoms with Crippen molar-refractivity contribution < 1.29 is 19.1 Å². The molecule has 1 aliphatic rings. The Morgan fingerprint density at radius 1 is 0.969 bits per heavy atom. The molecule has 2 aromatic carbocycles. The predicted molar refractivity (Wildman–Crippen MR) is 122 cm³/mol. The predicted octanol–water partition coefficient (Wildman–Crippen LogP) is 4.58. The number of aryl methyl sites for hydroxylation is 1. The van der Waals surface area contributed by atoms with Crippen molar-refractivity contribution in [2.45, 2.75) is 26.2 Å². The van der Waals surface area contributed by atoms with E-state index in [0.717, 1.165) is 24.1 Å². The Hall–Kier alpha value is -3.87. The topological polar surface area (TPSA) is 89.6 Å². The first kappa shape index (κ1) is 21.4. The van der Waals surface area contributed by atoms with Gasteiger partial charge in [-0.1, -0.05) is 12.1 Å². The summed E-state index contributed by atoms with van der Waals surface area (Å²) in [5.74, 6) is 2.09. The Labute approximate surface area is 186 Å². The zero-order valence-electron chi connectivity index (χ0n) is 18.1. The smallest absolute Gasteiger partial charge is 0.227 e. The first-order valence-corrected chi connectivity index (χ1v) is 10.5. The third kappa shape index (κ3) is 5.24. The van der Waals surface area contributed by atoms with Gasteiger partial charge in [0.15, 0.2) is 0 Å². The van der Waals surface area contributed by atoms with E-state index < -0.39 is 0 Å². The summed E-state index contributed by atoms with van der Waals surface area (Å²) < 4.78 is 11.2. The molecule has 0 saturated heterocycles. The Morgan fingerprint density at radius 2 is 1.81 bits per heavy atom. The number of amides is 2. The van der Waals surface area contributed by atoms with Crippen molar-refractivity contribution in [3.63, 3.8) is 0 Å². The highest BCUT2D eigenvalue weighted by Gasteiger charge is 2.25. The van der Waals surface area contributed by atoms with Crippen molar-refractivity contribution >= 4 is 23.3 Å². The molecule has 1 unspecified atom stereocenters. The first-order chi connectivity index (χ1) is 15.5. The van der Waals surface area contributed by atoms with Crippen LogP contribution < -0.4 is 20.1 Å². The zero-order chi connectivity index (χ0) is 22.5. The Balaban J connectivity index is 1.44. The van der Waals surface area contributed by atoms with Crippen LogP contribution in [0.4, 0.5) is 11.5 Å². The molecule has 32 heavy (non-hydrogen) atoms. The fourth-order valence-corrected chi connectivity index (χ4v) is 3.83. The van der Waals surface area contributed by atoms with Crippen molar-refractivity contribution in [1.82, 2.24) is 4.98 Å². The van der Waals surface area contributed by atoms with E-state index in [0.29, 0.717) is 29.5 Å². The van der Waals surface area contributed by atoms with E-state index in [4.69, 9.17) is 9.47 Å². The standard InChI is InChI=1S/C25H25N3O4/c1-16(29)27-24-15-23(10-11-26-24)32-22-9-8-17-6-7-18(12-19(17)13-22)25(30)28-20-4-3-5-21(14-20)31-2/h3-5,8-11,13-15,18H,6-7,12H2,1-2H3,(H,28,30)(H,26,27,29). The number of aromatic nitrogens is 1. The molecule has 0 radical (unpaired) electrons. The number of rotatable bonds is 6. The summed E-state index contributed by atoms with van der Waals surface area (Å²) in [6, 6.07) is 16.7. The lowest BCUT2D eigenvalue weighted by Crippen LogP contribution is -2.28. The van der Waals surface area contributed by atoms with Crippen LogP contribution in [0.25, 0.3) is 0 Å². The van der Waals surface area contributed by atoms with Gasteiger partial charge in [-0.15, -0.1) is 0 Å². The highest BCUT2D eigenvalue weighted by molar-refractivity contribution is 5.93. The minimum absolute atomic E-state index is 0.00399. The number of anilines is 2. The summed E-state index contributed by atoms with van der Waals surface area (Å²) in [6.07, 6.45) is 3.87. The molecule has 2 amide bonds. The number of hydrogen-bond donors (Lipinski definition) is 2. The van der Waals surface area contributed by atoms with Crippen molar-refractivity contribution in [1.29, 1.82) is 0 Å². The van der Waals surface area contributed by atoms with E-state index in [2.05, 4.69) is 21.7 Å². The molecule has 7 heteroatoms. The molecule has 164 valence electrons. The van der Waals surface area contributed by atoms with Crippen molar-refractivity contribution in [3.05, 3.63) is 71.9 Å². The number of fused-ring (bicyclic) bond motifs is 1. The molecule has 3 aromatic rings. The SMILES string of the molecule is COc1cccc(NC(=O)C2CCc3ccc(Oc4ccnc(NC(C)=O)c4)cc3C2)c1. The lowest BCUT2D eigenvalue weighted by Gasteiger charge is -2.24. The minimum Gasteiger partial charge on any atom is -0.497 e. The average molecular weight is 431 g/mol. The van der Waals surface area contributed by atoms with Gasteiger partial charge in [-0.3, -0.25) is 9.59 Å². The van der Waals surface area contributed by atoms with Crippen LogP contribution in [0, 0.1) is 5.92 Å². The van der Waals surface area contributed by atoms with Gasteiger partial charge in [-0.25, -0.2) is 4.98 Å². The molecule has 0 saturated carbocycles. The molecular weight excluding hydrogens is 406 g/mol. The maximum atomic E-state index is 12.9. The van der Waals surface area contributed by atoms with Crippen LogP contribution in [0.2, 0.25) is 0 Å². The van der Waals surface area contributed by atoms with Gasteiger partial charge in [0.05, 0.1) is 7.11 Å². The Morgan fingerprint density at radius 3 is 2.62 bits per heavy atom. The fourth-order valence-electron chi connectivity index (χ4n) is 3.83. The highest BCUT2D eigenvalue weighted by atomic mass is 16.5. The third-order valence-corrected chi connectivity index (χ3v) is 5.39. The molecule has 7 nitrogen and oxygen atoms in total. The van der Waals surface area contributed by atoms with E-state index in [9.17, 15) is 9.59 Å². The second-order valence-corrected chi connectivity index (χ2v) is 7.75. The second-order valence-electron chi connectivity index (χ2n) is 7.75. The van der Waals surface area contributed by atoms with Gasteiger partial charge in [0.1, 0.15) is 23.1 Å². The van der Waals surface area contributed by atoms with Crippen molar-refractivity contribution in [2.24, 2.45) is 5.92 Å². The zero-order valence-corrected chi connectivity index (χ0v) is 18.1. The summed E-state index contributed by atoms with van der Waals surface area (Å²) in [6.45, 7) is 1.43. The average Bonchev–Trinajstić information content (AvgIpc) is 2.78. The fraction of sp³-hybridized carbons (Fsp3) is 0.240. The van der Waals surface area contributed by atoms with Gasteiger partial charge in [0, 0.05) is 36.9 Å². The molecule has 1 atom stereocenters. The van der Waals surface area contributed by atoms with Crippen molar-refractivity contribution in [3.8, 4) is 17.2 Å². The molecule has 1 heterocycles. The van der Waals surface area contributed by atoms with E-state index in [1.807, 2.05) is 36.4 Å². The van der Waals surface area contributed by atoms with Gasteiger partial charge in [0.25, 0.3) is 0 Å². The van der Waals surface area contributed by atoms with Crippen LogP contribution in [-0.2, 0) is 22.4 Å². The summed E-state index contributed by atoms with van der Waals surface area (Å²) >= 11 is 0. The largest absolute Gasteiger partial charge is 0.497 e. The Kier molecular flexibility index (Phi) is 6.35. The molecule has 0 spiro atoms. The van der Waals surface area contributed by atoms with Gasteiger partial charge in [0.2, 0.25) is 11.8 Å². The first-order valence-electron chi connectivity index (χ1n) is 10.5. The van der Waals surface area contributed by atoms with E-state index >= 15 is 0 Å². The van der Waals surface area contributed by atoms with E-state index in [1.165, 1.54) is 12.5 Å². The number of hydrogen-bond acceptors (Lipinski definition) is 5. The molecule has 1 aliphatic carbocycles. The van der Waals surface area contributed by atoms with Crippen LogP contribution in [-0.4, -0.2) is 23.9 Å². The number of methoxy groups -OCH3 is 1. The summed E-state index contributed by atoms with van der Waals surface area (Å²) in [4.78, 5) is 28.2. The van der Waals surface area contributed by atoms with Gasteiger partial charge < -0.3 is 20.1 Å². The molecule has 2 N–H and O–H groups in total. The van der Waals surface area contributed by atoms with Crippen LogP contribution in [0.3, 0.4) is 0 Å². The van der Waals surface area contributed by atoms with Gasteiger partial charge >= 0.3 is 0 Å². The van der Waals surface area contributed by atoms with E-state index in [1.54, 1.807) is 25.4 Å². The van der Waals surface area contributed by atoms with Crippen LogP contribution >= 0.6 is 0 Å². The monoisotopic (exact) mass is 431 g/mol. The number of benzene rings is 2. The van der Waals surface area contributed by atoms with Gasteiger partial charge in [-0.2, -0.15) is 0 Å². The summed E-state index contributed by atoms with van der Waals surface area (Å²) in [5.41, 5.74) is 3.07. The molecule has 0 bridgehead atoms. The second kappa shape index (κ2) is 9.51. The maximum absolute atomic E-state index is 12.9. The number of nitrogens with one attached hydrogen (secondary N) is 2. The number of pyridine rings is 1. The number of nitrogens with zero attached hydrogens (tertiary/aromatic N) is 1. The van der Waals surface area contributed by atoms with Gasteiger partial charge in [-0.05, 0) is 60.7 Å². The van der Waals surface area contributed by atoms with E-state index in [-0.39, 0.29) is 17.7 Å². The maximum Gasteiger partial charge on any atom is 0.227 e.